The average molecular weight is 368 g/mol. The van der Waals surface area contributed by atoms with Gasteiger partial charge in [-0.15, -0.1) is 0 Å². The smallest absolute Gasteiger partial charge is 0.262 e. The monoisotopic (exact) mass is 368 g/mol. The van der Waals surface area contributed by atoms with Crippen LogP contribution in [0.25, 0.3) is 0 Å². The number of anilines is 2. The van der Waals surface area contributed by atoms with Gasteiger partial charge in [-0.2, -0.15) is 5.10 Å². The summed E-state index contributed by atoms with van der Waals surface area (Å²) in [6, 6.07) is 15.1. The van der Waals surface area contributed by atoms with Crippen LogP contribution in [0, 0.1) is 0 Å². The first-order valence-corrected chi connectivity index (χ1v) is 9.15. The summed E-state index contributed by atoms with van der Waals surface area (Å²) < 4.78 is 5.12. The molecule has 2 rings (SSSR count). The number of methoxy groups -OCH3 is 1. The van der Waals surface area contributed by atoms with Crippen molar-refractivity contribution in [3.63, 3.8) is 0 Å². The number of amides is 1. The number of ether oxygens (including phenoxy) is 1. The van der Waals surface area contributed by atoms with Gasteiger partial charge in [-0.3, -0.25) is 4.79 Å². The molecule has 0 aliphatic heterocycles. The summed E-state index contributed by atoms with van der Waals surface area (Å²) >= 11 is 0. The van der Waals surface area contributed by atoms with E-state index in [0.717, 1.165) is 30.1 Å². The minimum absolute atomic E-state index is 0.207. The van der Waals surface area contributed by atoms with Gasteiger partial charge in [0.15, 0.2) is 0 Å². The Kier molecular flexibility index (Phi) is 7.67. The number of carbonyl (C=O) groups excluding carboxylic acids is 1. The number of nitrogens with one attached hydrogen (secondary N) is 2. The van der Waals surface area contributed by atoms with Crippen molar-refractivity contribution >= 4 is 23.5 Å². The lowest BCUT2D eigenvalue weighted by molar-refractivity contribution is -0.121. The molecule has 0 fully saturated rings. The topological polar surface area (TPSA) is 66.0 Å². The minimum atomic E-state index is -0.416. The lowest BCUT2D eigenvalue weighted by Crippen LogP contribution is -2.34. The third-order valence-corrected chi connectivity index (χ3v) is 4.28. The van der Waals surface area contributed by atoms with E-state index in [2.05, 4.69) is 46.7 Å². The van der Waals surface area contributed by atoms with Crippen molar-refractivity contribution in [2.45, 2.75) is 26.8 Å². The molecule has 2 aromatic carbocycles. The summed E-state index contributed by atoms with van der Waals surface area (Å²) in [7, 11) is 1.62. The summed E-state index contributed by atoms with van der Waals surface area (Å²) in [4.78, 5) is 14.4. The number of hydrogen-bond donors (Lipinski definition) is 2. The van der Waals surface area contributed by atoms with Crippen molar-refractivity contribution in [2.75, 3.05) is 30.4 Å². The molecule has 1 unspecified atom stereocenters. The first-order valence-electron chi connectivity index (χ1n) is 9.15. The van der Waals surface area contributed by atoms with Crippen LogP contribution in [0.1, 0.15) is 26.3 Å². The van der Waals surface area contributed by atoms with E-state index in [9.17, 15) is 4.79 Å². The predicted molar refractivity (Wildman–Crippen MR) is 112 cm³/mol. The molecule has 0 radical (unpaired) electrons. The lowest BCUT2D eigenvalue weighted by Gasteiger charge is -2.20. The third-order valence-electron chi connectivity index (χ3n) is 4.28. The van der Waals surface area contributed by atoms with E-state index in [1.54, 1.807) is 20.2 Å². The van der Waals surface area contributed by atoms with Crippen molar-refractivity contribution < 1.29 is 9.53 Å². The quantitative estimate of drug-likeness (QED) is 0.525. The molecule has 0 aromatic heterocycles. The van der Waals surface area contributed by atoms with Gasteiger partial charge in [0.1, 0.15) is 11.8 Å². The zero-order valence-corrected chi connectivity index (χ0v) is 16.4. The van der Waals surface area contributed by atoms with Gasteiger partial charge in [-0.05, 0) is 62.7 Å². The van der Waals surface area contributed by atoms with Gasteiger partial charge in [0, 0.05) is 24.5 Å². The van der Waals surface area contributed by atoms with Crippen molar-refractivity contribution in [2.24, 2.45) is 5.10 Å². The van der Waals surface area contributed by atoms with Crippen LogP contribution >= 0.6 is 0 Å². The fourth-order valence-corrected chi connectivity index (χ4v) is 2.63. The number of carbonyl (C=O) groups is 1. The Hall–Kier alpha value is -3.02. The Morgan fingerprint density at radius 2 is 1.74 bits per heavy atom. The van der Waals surface area contributed by atoms with Crippen molar-refractivity contribution in [1.29, 1.82) is 0 Å². The van der Waals surface area contributed by atoms with Gasteiger partial charge in [0.05, 0.1) is 13.3 Å². The molecule has 1 amide bonds. The van der Waals surface area contributed by atoms with Crippen LogP contribution in [0.3, 0.4) is 0 Å². The van der Waals surface area contributed by atoms with Crippen LogP contribution in [0.15, 0.2) is 53.6 Å². The molecule has 2 N–H and O–H groups in total. The van der Waals surface area contributed by atoms with E-state index in [1.807, 2.05) is 36.4 Å². The zero-order chi connectivity index (χ0) is 19.6. The van der Waals surface area contributed by atoms with Crippen LogP contribution in [0.4, 0.5) is 11.4 Å². The molecule has 27 heavy (non-hydrogen) atoms. The summed E-state index contributed by atoms with van der Waals surface area (Å²) in [5, 5.41) is 7.18. The fraction of sp³-hybridized carbons (Fsp3) is 0.333. The largest absolute Gasteiger partial charge is 0.497 e. The molecule has 6 nitrogen and oxygen atoms in total. The van der Waals surface area contributed by atoms with Crippen LogP contribution in [-0.4, -0.2) is 38.4 Å². The SMILES string of the molecule is CCN(CC)c1ccc(C=NNC(=O)C(C)Nc2ccc(OC)cc2)cc1. The molecule has 144 valence electrons. The summed E-state index contributed by atoms with van der Waals surface area (Å²) in [6.45, 7) is 8.00. The molecule has 0 spiro atoms. The highest BCUT2D eigenvalue weighted by molar-refractivity contribution is 5.86. The van der Waals surface area contributed by atoms with E-state index in [4.69, 9.17) is 4.74 Å². The Labute approximate surface area is 161 Å². The zero-order valence-electron chi connectivity index (χ0n) is 16.4. The van der Waals surface area contributed by atoms with Gasteiger partial charge in [-0.25, -0.2) is 5.43 Å². The maximum atomic E-state index is 12.2. The second-order valence-corrected chi connectivity index (χ2v) is 6.09. The highest BCUT2D eigenvalue weighted by Crippen LogP contribution is 2.16. The van der Waals surface area contributed by atoms with Crippen molar-refractivity contribution in [3.05, 3.63) is 54.1 Å². The minimum Gasteiger partial charge on any atom is -0.497 e. The molecule has 0 bridgehead atoms. The number of rotatable bonds is 9. The molecule has 6 heteroatoms. The van der Waals surface area contributed by atoms with E-state index in [0.29, 0.717) is 0 Å². The number of hydrazone groups is 1. The van der Waals surface area contributed by atoms with E-state index in [-0.39, 0.29) is 5.91 Å². The second-order valence-electron chi connectivity index (χ2n) is 6.09. The Balaban J connectivity index is 1.86. The molecule has 2 aromatic rings. The molecule has 1 atom stereocenters. The molecular weight excluding hydrogens is 340 g/mol. The second kappa shape index (κ2) is 10.2. The van der Waals surface area contributed by atoms with Gasteiger partial charge in [0.2, 0.25) is 0 Å². The Morgan fingerprint density at radius 3 is 2.30 bits per heavy atom. The average Bonchev–Trinajstić information content (AvgIpc) is 2.70. The normalized spacial score (nSPS) is 11.9. The summed E-state index contributed by atoms with van der Waals surface area (Å²) in [6.07, 6.45) is 1.64. The first kappa shape index (κ1) is 20.3. The number of nitrogens with zero attached hydrogens (tertiary/aromatic N) is 2. The molecule has 0 aliphatic carbocycles. The highest BCUT2D eigenvalue weighted by atomic mass is 16.5. The third kappa shape index (κ3) is 6.02. The predicted octanol–water partition coefficient (Wildman–Crippen LogP) is 3.49. The van der Waals surface area contributed by atoms with Gasteiger partial charge in [0.25, 0.3) is 5.91 Å². The molecule has 0 saturated carbocycles. The van der Waals surface area contributed by atoms with Crippen molar-refractivity contribution in [3.8, 4) is 5.75 Å². The molecule has 0 heterocycles. The van der Waals surface area contributed by atoms with Crippen LogP contribution in [0.2, 0.25) is 0 Å². The highest BCUT2D eigenvalue weighted by Gasteiger charge is 2.11. The standard InChI is InChI=1S/C21H28N4O2/c1-5-25(6-2)19-11-7-17(8-12-19)15-22-24-21(26)16(3)23-18-9-13-20(27-4)14-10-18/h7-16,23H,5-6H2,1-4H3,(H,24,26). The fourth-order valence-electron chi connectivity index (χ4n) is 2.63. The maximum Gasteiger partial charge on any atom is 0.262 e. The first-order chi connectivity index (χ1) is 13.1. The van der Waals surface area contributed by atoms with Gasteiger partial charge in [-0.1, -0.05) is 12.1 Å². The van der Waals surface area contributed by atoms with Gasteiger partial charge >= 0.3 is 0 Å². The van der Waals surface area contributed by atoms with E-state index >= 15 is 0 Å². The molecule has 0 saturated heterocycles. The van der Waals surface area contributed by atoms with E-state index in [1.165, 1.54) is 5.69 Å². The summed E-state index contributed by atoms with van der Waals surface area (Å²) in [5.41, 5.74) is 5.52. The number of hydrogen-bond acceptors (Lipinski definition) is 5. The van der Waals surface area contributed by atoms with E-state index < -0.39 is 6.04 Å². The lowest BCUT2D eigenvalue weighted by atomic mass is 10.2. The maximum absolute atomic E-state index is 12.2. The molecular formula is C21H28N4O2. The number of benzene rings is 2. The Morgan fingerprint density at radius 1 is 1.11 bits per heavy atom. The van der Waals surface area contributed by atoms with Crippen LogP contribution in [-0.2, 0) is 4.79 Å². The van der Waals surface area contributed by atoms with Crippen LogP contribution in [0.5, 0.6) is 5.75 Å². The Bertz CT molecular complexity index is 738. The van der Waals surface area contributed by atoms with Crippen molar-refractivity contribution in [1.82, 2.24) is 5.43 Å². The van der Waals surface area contributed by atoms with Crippen LogP contribution < -0.4 is 20.4 Å². The molecule has 0 aliphatic rings. The van der Waals surface area contributed by atoms with Gasteiger partial charge < -0.3 is 15.0 Å². The summed E-state index contributed by atoms with van der Waals surface area (Å²) in [5.74, 6) is 0.566.